The van der Waals surface area contributed by atoms with E-state index in [4.69, 9.17) is 4.74 Å². The number of piperidine rings is 1. The minimum Gasteiger partial charge on any atom is -0.365 e. The third-order valence-corrected chi connectivity index (χ3v) is 6.65. The molecule has 2 bridgehead atoms. The Morgan fingerprint density at radius 1 is 0.964 bits per heavy atom. The Hall–Kier alpha value is -1.78. The largest absolute Gasteiger partial charge is 0.365 e. The first-order chi connectivity index (χ1) is 13.6. The molecule has 2 aliphatic rings. The molecule has 4 heteroatoms. The number of benzene rings is 2. The van der Waals surface area contributed by atoms with E-state index in [0.717, 1.165) is 30.4 Å². The predicted molar refractivity (Wildman–Crippen MR) is 107 cm³/mol. The van der Waals surface area contributed by atoms with Crippen molar-refractivity contribution in [3.8, 4) is 0 Å². The molecular formula is C24H29F2NO. The average Bonchev–Trinajstić information content (AvgIpc) is 2.94. The molecule has 2 heterocycles. The Morgan fingerprint density at radius 2 is 1.54 bits per heavy atom. The first-order valence-corrected chi connectivity index (χ1v) is 10.4. The summed E-state index contributed by atoms with van der Waals surface area (Å²) in [5.41, 5.74) is 1.82. The van der Waals surface area contributed by atoms with Gasteiger partial charge in [0.05, 0.1) is 6.10 Å². The Labute approximate surface area is 166 Å². The van der Waals surface area contributed by atoms with Gasteiger partial charge in [0.15, 0.2) is 0 Å². The zero-order chi connectivity index (χ0) is 19.7. The maximum atomic E-state index is 13.5. The molecule has 2 nitrogen and oxygen atoms in total. The molecule has 0 spiro atoms. The van der Waals surface area contributed by atoms with Gasteiger partial charge in [-0.3, -0.25) is 4.90 Å². The molecular weight excluding hydrogens is 356 g/mol. The van der Waals surface area contributed by atoms with Crippen LogP contribution >= 0.6 is 0 Å². The first kappa shape index (κ1) is 19.5. The van der Waals surface area contributed by atoms with Crippen LogP contribution in [-0.4, -0.2) is 30.1 Å². The second-order valence-corrected chi connectivity index (χ2v) is 8.31. The van der Waals surface area contributed by atoms with Crippen LogP contribution in [0.3, 0.4) is 0 Å². The smallest absolute Gasteiger partial charge is 0.123 e. The molecule has 2 unspecified atom stereocenters. The van der Waals surface area contributed by atoms with Crippen molar-refractivity contribution in [2.75, 3.05) is 7.05 Å². The van der Waals surface area contributed by atoms with Crippen LogP contribution in [0.4, 0.5) is 8.78 Å². The molecule has 2 aromatic carbocycles. The zero-order valence-electron chi connectivity index (χ0n) is 16.7. The lowest BCUT2D eigenvalue weighted by Crippen LogP contribution is -2.50. The molecule has 0 aliphatic carbocycles. The van der Waals surface area contributed by atoms with Crippen LogP contribution in [0, 0.1) is 17.6 Å². The molecule has 2 aliphatic heterocycles. The third kappa shape index (κ3) is 3.85. The number of nitrogens with zero attached hydrogens (tertiary/aromatic N) is 1. The number of ether oxygens (including phenoxy) is 1. The summed E-state index contributed by atoms with van der Waals surface area (Å²) in [5, 5.41) is 0. The number of rotatable bonds is 6. The Kier molecular flexibility index (Phi) is 5.79. The second kappa shape index (κ2) is 8.30. The zero-order valence-corrected chi connectivity index (χ0v) is 16.7. The van der Waals surface area contributed by atoms with E-state index in [9.17, 15) is 8.78 Å². The highest BCUT2D eigenvalue weighted by Crippen LogP contribution is 2.43. The van der Waals surface area contributed by atoms with Crippen molar-refractivity contribution in [1.82, 2.24) is 4.90 Å². The van der Waals surface area contributed by atoms with E-state index in [2.05, 4.69) is 18.9 Å². The lowest BCUT2D eigenvalue weighted by atomic mass is 9.84. The van der Waals surface area contributed by atoms with Gasteiger partial charge in [-0.05, 0) is 68.1 Å². The molecule has 2 aromatic rings. The fraction of sp³-hybridized carbons (Fsp3) is 0.500. The van der Waals surface area contributed by atoms with Gasteiger partial charge >= 0.3 is 0 Å². The van der Waals surface area contributed by atoms with Gasteiger partial charge in [0.25, 0.3) is 0 Å². The summed E-state index contributed by atoms with van der Waals surface area (Å²) in [6.45, 7) is 2.23. The van der Waals surface area contributed by atoms with Crippen molar-refractivity contribution in [3.63, 3.8) is 0 Å². The SMILES string of the molecule is CCC[C@@H]1C2CCC(C[C@@H]1OC(c1ccc(F)cc1)c1ccc(F)cc1)N2C. The van der Waals surface area contributed by atoms with Gasteiger partial charge in [0.2, 0.25) is 0 Å². The molecule has 150 valence electrons. The molecule has 0 aromatic heterocycles. The summed E-state index contributed by atoms with van der Waals surface area (Å²) in [7, 11) is 2.25. The van der Waals surface area contributed by atoms with Crippen molar-refractivity contribution in [2.24, 2.45) is 5.92 Å². The lowest BCUT2D eigenvalue weighted by Gasteiger charge is -2.44. The average molecular weight is 385 g/mol. The van der Waals surface area contributed by atoms with Crippen LogP contribution in [-0.2, 0) is 4.74 Å². The van der Waals surface area contributed by atoms with Crippen molar-refractivity contribution in [1.29, 1.82) is 0 Å². The Morgan fingerprint density at radius 3 is 2.07 bits per heavy atom. The van der Waals surface area contributed by atoms with Crippen molar-refractivity contribution in [3.05, 3.63) is 71.3 Å². The minimum absolute atomic E-state index is 0.161. The monoisotopic (exact) mass is 385 g/mol. The molecule has 4 atom stereocenters. The van der Waals surface area contributed by atoms with E-state index in [1.54, 1.807) is 24.3 Å². The van der Waals surface area contributed by atoms with E-state index in [0.29, 0.717) is 18.0 Å². The molecule has 0 radical (unpaired) electrons. The van der Waals surface area contributed by atoms with Gasteiger partial charge in [0.1, 0.15) is 17.7 Å². The first-order valence-electron chi connectivity index (χ1n) is 10.4. The highest BCUT2D eigenvalue weighted by Gasteiger charge is 2.46. The number of hydrogen-bond donors (Lipinski definition) is 0. The van der Waals surface area contributed by atoms with E-state index in [1.165, 1.54) is 37.1 Å². The molecule has 0 saturated carbocycles. The second-order valence-electron chi connectivity index (χ2n) is 8.31. The van der Waals surface area contributed by atoms with Crippen molar-refractivity contribution in [2.45, 2.75) is 63.3 Å². The summed E-state index contributed by atoms with van der Waals surface area (Å²) in [6.07, 6.45) is 5.63. The van der Waals surface area contributed by atoms with E-state index in [1.807, 2.05) is 0 Å². The summed E-state index contributed by atoms with van der Waals surface area (Å²) in [5.74, 6) is -0.0252. The van der Waals surface area contributed by atoms with Crippen LogP contribution in [0.15, 0.2) is 48.5 Å². The summed E-state index contributed by atoms with van der Waals surface area (Å²) < 4.78 is 33.7. The molecule has 28 heavy (non-hydrogen) atoms. The van der Waals surface area contributed by atoms with Gasteiger partial charge in [-0.1, -0.05) is 37.6 Å². The topological polar surface area (TPSA) is 12.5 Å². The lowest BCUT2D eigenvalue weighted by molar-refractivity contribution is -0.0837. The van der Waals surface area contributed by atoms with Crippen LogP contribution in [0.2, 0.25) is 0 Å². The van der Waals surface area contributed by atoms with Crippen molar-refractivity contribution >= 4 is 0 Å². The van der Waals surface area contributed by atoms with Crippen molar-refractivity contribution < 1.29 is 13.5 Å². The summed E-state index contributed by atoms with van der Waals surface area (Å²) >= 11 is 0. The highest BCUT2D eigenvalue weighted by atomic mass is 19.1. The fourth-order valence-electron chi connectivity index (χ4n) is 5.20. The van der Waals surface area contributed by atoms with Crippen LogP contribution < -0.4 is 0 Å². The molecule has 2 saturated heterocycles. The highest BCUT2D eigenvalue weighted by molar-refractivity contribution is 5.30. The van der Waals surface area contributed by atoms with Gasteiger partial charge in [-0.15, -0.1) is 0 Å². The normalized spacial score (nSPS) is 27.5. The van der Waals surface area contributed by atoms with Crippen LogP contribution in [0.5, 0.6) is 0 Å². The maximum absolute atomic E-state index is 13.5. The Bertz CT molecular complexity index is 731. The third-order valence-electron chi connectivity index (χ3n) is 6.65. The predicted octanol–water partition coefficient (Wildman–Crippen LogP) is 5.72. The quantitative estimate of drug-likeness (QED) is 0.630. The Balaban J connectivity index is 1.64. The fourth-order valence-corrected chi connectivity index (χ4v) is 5.20. The van der Waals surface area contributed by atoms with E-state index < -0.39 is 0 Å². The van der Waals surface area contributed by atoms with E-state index >= 15 is 0 Å². The van der Waals surface area contributed by atoms with Gasteiger partial charge in [-0.2, -0.15) is 0 Å². The van der Waals surface area contributed by atoms with Gasteiger partial charge in [-0.25, -0.2) is 8.78 Å². The molecule has 2 fully saturated rings. The maximum Gasteiger partial charge on any atom is 0.123 e. The number of fused-ring (bicyclic) bond motifs is 2. The molecule has 4 rings (SSSR count). The number of hydrogen-bond acceptors (Lipinski definition) is 2. The standard InChI is InChI=1S/C24H29F2NO/c1-3-4-21-22-14-13-20(27(22)2)15-23(21)28-24(16-5-9-18(25)10-6-16)17-7-11-19(26)12-8-17/h5-12,20-24H,3-4,13-15H2,1-2H3/t20?,21-,22?,23+/m1/s1. The van der Waals surface area contributed by atoms with E-state index in [-0.39, 0.29) is 23.8 Å². The minimum atomic E-state index is -0.312. The van der Waals surface area contributed by atoms with Crippen LogP contribution in [0.25, 0.3) is 0 Å². The molecule has 0 amide bonds. The summed E-state index contributed by atoms with van der Waals surface area (Å²) in [4.78, 5) is 2.55. The molecule has 0 N–H and O–H groups in total. The van der Waals surface area contributed by atoms with Gasteiger partial charge < -0.3 is 4.74 Å². The van der Waals surface area contributed by atoms with Gasteiger partial charge in [0, 0.05) is 18.0 Å². The number of halogens is 2. The van der Waals surface area contributed by atoms with Crippen LogP contribution in [0.1, 0.15) is 56.3 Å². The summed E-state index contributed by atoms with van der Waals surface area (Å²) in [6, 6.07) is 14.1.